The first kappa shape index (κ1) is 36.3. The summed E-state index contributed by atoms with van der Waals surface area (Å²) in [6.07, 6.45) is 0. The van der Waals surface area contributed by atoms with E-state index in [4.69, 9.17) is 0 Å². The Labute approximate surface area is 387 Å². The van der Waals surface area contributed by atoms with E-state index in [0.29, 0.717) is 0 Å². The van der Waals surface area contributed by atoms with Crippen LogP contribution in [0.4, 0.5) is 0 Å². The van der Waals surface area contributed by atoms with E-state index in [1.807, 2.05) is 22.7 Å². The standard InChI is InChI=1S/C62H36N2S2/c1-3-15-39(16-4-1)63-53-23-11-7-21-45(53)61-55(63)29-27-43-47-31-38-34-50(52-36-66-58-26-14-10-20-42(52)58)60-44(28-30-56-62(60)46-22-8-12-24-54(46)64(56)40-17-5-2-6-18-40)48(38)32-37(47)33-49(59(43)61)51-35-65-57-25-13-9-19-41(51)57/h1-36H. The summed E-state index contributed by atoms with van der Waals surface area (Å²) in [7, 11) is 0. The maximum Gasteiger partial charge on any atom is 0.0547 e. The van der Waals surface area contributed by atoms with Gasteiger partial charge in [-0.25, -0.2) is 0 Å². The van der Waals surface area contributed by atoms with Crippen molar-refractivity contribution >= 4 is 130 Å². The van der Waals surface area contributed by atoms with Gasteiger partial charge in [-0.05, 0) is 139 Å². The van der Waals surface area contributed by atoms with E-state index in [9.17, 15) is 0 Å². The molecule has 0 aliphatic heterocycles. The predicted molar refractivity (Wildman–Crippen MR) is 287 cm³/mol. The number of benzene rings is 11. The highest BCUT2D eigenvalue weighted by Gasteiger charge is 2.24. The zero-order chi connectivity index (χ0) is 43.0. The predicted octanol–water partition coefficient (Wildman–Crippen LogP) is 18.3. The van der Waals surface area contributed by atoms with Gasteiger partial charge in [-0.1, -0.05) is 121 Å². The van der Waals surface area contributed by atoms with Crippen molar-refractivity contribution in [1.82, 2.24) is 9.13 Å². The molecule has 4 aromatic heterocycles. The number of rotatable bonds is 4. The molecule has 0 N–H and O–H groups in total. The van der Waals surface area contributed by atoms with Gasteiger partial charge in [0.2, 0.25) is 0 Å². The van der Waals surface area contributed by atoms with Crippen molar-refractivity contribution in [3.05, 3.63) is 217 Å². The van der Waals surface area contributed by atoms with Crippen LogP contribution in [-0.4, -0.2) is 9.13 Å². The van der Waals surface area contributed by atoms with Crippen molar-refractivity contribution in [3.63, 3.8) is 0 Å². The normalized spacial score (nSPS) is 12.2. The van der Waals surface area contributed by atoms with Crippen molar-refractivity contribution in [3.8, 4) is 33.6 Å². The average molecular weight is 873 g/mol. The first-order chi connectivity index (χ1) is 32.8. The minimum Gasteiger partial charge on any atom is -0.309 e. The van der Waals surface area contributed by atoms with Crippen LogP contribution < -0.4 is 0 Å². The van der Waals surface area contributed by atoms with Crippen molar-refractivity contribution in [2.24, 2.45) is 0 Å². The Hall–Kier alpha value is -8.02. The molecule has 15 aromatic rings. The van der Waals surface area contributed by atoms with Crippen LogP contribution in [0.15, 0.2) is 217 Å². The van der Waals surface area contributed by atoms with Gasteiger partial charge in [0.15, 0.2) is 0 Å². The summed E-state index contributed by atoms with van der Waals surface area (Å²) in [5, 5.41) is 22.6. The van der Waals surface area contributed by atoms with Crippen molar-refractivity contribution in [2.75, 3.05) is 0 Å². The van der Waals surface area contributed by atoms with E-state index >= 15 is 0 Å². The molecule has 2 nitrogen and oxygen atoms in total. The lowest BCUT2D eigenvalue weighted by molar-refractivity contribution is 1.18. The van der Waals surface area contributed by atoms with Crippen LogP contribution in [0.25, 0.3) is 141 Å². The first-order valence-corrected chi connectivity index (χ1v) is 24.3. The molecule has 4 heterocycles. The van der Waals surface area contributed by atoms with Gasteiger partial charge in [-0.3, -0.25) is 0 Å². The van der Waals surface area contributed by atoms with E-state index in [-0.39, 0.29) is 0 Å². The Morgan fingerprint density at radius 1 is 0.258 bits per heavy atom. The van der Waals surface area contributed by atoms with E-state index in [1.54, 1.807) is 0 Å². The summed E-state index contributed by atoms with van der Waals surface area (Å²) in [5.41, 5.74) is 12.3. The molecule has 0 fully saturated rings. The number of para-hydroxylation sites is 4. The molecule has 0 bridgehead atoms. The molecule has 0 saturated heterocycles. The minimum absolute atomic E-state index is 1.17. The van der Waals surface area contributed by atoms with Crippen LogP contribution in [-0.2, 0) is 0 Å². The molecular formula is C62H36N2S2. The van der Waals surface area contributed by atoms with Crippen LogP contribution in [0.1, 0.15) is 0 Å². The van der Waals surface area contributed by atoms with E-state index in [1.165, 1.54) is 141 Å². The molecule has 0 atom stereocenters. The molecule has 4 heteroatoms. The molecule has 66 heavy (non-hydrogen) atoms. The Morgan fingerprint density at radius 3 is 1.11 bits per heavy atom. The second kappa shape index (κ2) is 13.7. The van der Waals surface area contributed by atoms with Crippen LogP contribution in [0.5, 0.6) is 0 Å². The third-order valence-electron chi connectivity index (χ3n) is 14.2. The first-order valence-electron chi connectivity index (χ1n) is 22.6. The topological polar surface area (TPSA) is 9.86 Å². The number of fused-ring (bicyclic) bond motifs is 16. The summed E-state index contributed by atoms with van der Waals surface area (Å²) in [6.45, 7) is 0. The van der Waals surface area contributed by atoms with E-state index < -0.39 is 0 Å². The molecule has 0 aliphatic rings. The molecule has 0 unspecified atom stereocenters. The summed E-state index contributed by atoms with van der Waals surface area (Å²) in [5.74, 6) is 0. The molecule has 11 aromatic carbocycles. The molecule has 15 rings (SSSR count). The van der Waals surface area contributed by atoms with E-state index in [0.717, 1.165) is 0 Å². The third-order valence-corrected chi connectivity index (χ3v) is 16.1. The monoisotopic (exact) mass is 872 g/mol. The second-order valence-electron chi connectivity index (χ2n) is 17.6. The summed E-state index contributed by atoms with van der Waals surface area (Å²) >= 11 is 3.67. The Bertz CT molecular complexity index is 4220. The molecule has 306 valence electrons. The van der Waals surface area contributed by atoms with Gasteiger partial charge in [0, 0.05) is 75.0 Å². The fourth-order valence-electron chi connectivity index (χ4n) is 11.4. The quantitative estimate of drug-likeness (QED) is 0.123. The molecule has 0 aliphatic carbocycles. The summed E-state index contributed by atoms with van der Waals surface area (Å²) < 4.78 is 7.50. The van der Waals surface area contributed by atoms with Crippen LogP contribution >= 0.6 is 22.7 Å². The maximum atomic E-state index is 2.51. The van der Waals surface area contributed by atoms with Gasteiger partial charge < -0.3 is 9.13 Å². The highest BCUT2D eigenvalue weighted by molar-refractivity contribution is 7.18. The molecule has 0 radical (unpaired) electrons. The summed E-state index contributed by atoms with van der Waals surface area (Å²) in [4.78, 5) is 0. The Morgan fingerprint density at radius 2 is 0.652 bits per heavy atom. The zero-order valence-electron chi connectivity index (χ0n) is 35.5. The largest absolute Gasteiger partial charge is 0.309 e. The smallest absolute Gasteiger partial charge is 0.0547 e. The minimum atomic E-state index is 1.17. The highest BCUT2D eigenvalue weighted by atomic mass is 32.1. The van der Waals surface area contributed by atoms with Gasteiger partial charge in [0.05, 0.1) is 22.1 Å². The number of hydrogen-bond acceptors (Lipinski definition) is 2. The van der Waals surface area contributed by atoms with Crippen LogP contribution in [0, 0.1) is 0 Å². The number of thiophene rings is 2. The number of hydrogen-bond donors (Lipinski definition) is 0. The van der Waals surface area contributed by atoms with Gasteiger partial charge in [-0.15, -0.1) is 22.7 Å². The Balaban J connectivity index is 1.13. The molecule has 0 spiro atoms. The SMILES string of the molecule is c1ccc(-n2c3ccccc3c3c4c(-c5csc6ccccc56)cc5cc6c(cc(-c7csc8ccccc78)c7c6ccc6c7c7ccccc7n6-c6ccccc6)cc5c4ccc32)cc1. The van der Waals surface area contributed by atoms with Gasteiger partial charge >= 0.3 is 0 Å². The number of nitrogens with zero attached hydrogens (tertiary/aromatic N) is 2. The zero-order valence-corrected chi connectivity index (χ0v) is 37.1. The Kier molecular flexibility index (Phi) is 7.57. The second-order valence-corrected chi connectivity index (χ2v) is 19.4. The van der Waals surface area contributed by atoms with Crippen LogP contribution in [0.3, 0.4) is 0 Å². The molecule has 0 amide bonds. The maximum absolute atomic E-state index is 2.51. The average Bonchev–Trinajstić information content (AvgIpc) is 4.17. The molecule has 0 saturated carbocycles. The van der Waals surface area contributed by atoms with Crippen molar-refractivity contribution in [2.45, 2.75) is 0 Å². The fourth-order valence-corrected chi connectivity index (χ4v) is 13.4. The summed E-state index contributed by atoms with van der Waals surface area (Å²) in [6, 6.07) is 76.9. The lowest BCUT2D eigenvalue weighted by Crippen LogP contribution is -1.94. The van der Waals surface area contributed by atoms with Crippen molar-refractivity contribution in [1.29, 1.82) is 0 Å². The number of aromatic nitrogens is 2. The lowest BCUT2D eigenvalue weighted by atomic mass is 9.86. The lowest BCUT2D eigenvalue weighted by Gasteiger charge is -2.17. The van der Waals surface area contributed by atoms with Gasteiger partial charge in [0.25, 0.3) is 0 Å². The van der Waals surface area contributed by atoms with E-state index in [2.05, 4.69) is 226 Å². The van der Waals surface area contributed by atoms with Crippen LogP contribution in [0.2, 0.25) is 0 Å². The van der Waals surface area contributed by atoms with Gasteiger partial charge in [-0.2, -0.15) is 0 Å². The fraction of sp³-hybridized carbons (Fsp3) is 0. The van der Waals surface area contributed by atoms with Crippen molar-refractivity contribution < 1.29 is 0 Å². The van der Waals surface area contributed by atoms with Gasteiger partial charge in [0.1, 0.15) is 0 Å². The highest BCUT2D eigenvalue weighted by Crippen LogP contribution is 2.50. The third kappa shape index (κ3) is 5.00. The molecular weight excluding hydrogens is 837 g/mol.